The Bertz CT molecular complexity index is 276. The maximum atomic E-state index is 12.3. The molecule has 1 atom stereocenters. The number of nitrogens with zero attached hydrogens (tertiary/aromatic N) is 1. The quantitative estimate of drug-likeness (QED) is 0.804. The highest BCUT2D eigenvalue weighted by Crippen LogP contribution is 2.27. The lowest BCUT2D eigenvalue weighted by atomic mass is 9.84. The van der Waals surface area contributed by atoms with E-state index >= 15 is 0 Å². The van der Waals surface area contributed by atoms with Crippen LogP contribution in [-0.4, -0.2) is 30.4 Å². The van der Waals surface area contributed by atoms with Crippen LogP contribution in [0.1, 0.15) is 65.7 Å². The number of amides is 1. The number of carbonyl (C=O) groups excluding carboxylic acids is 1. The highest BCUT2D eigenvalue weighted by Gasteiger charge is 2.23. The Morgan fingerprint density at radius 1 is 1.26 bits per heavy atom. The summed E-state index contributed by atoms with van der Waals surface area (Å²) in [6, 6.07) is 0. The first-order valence-corrected chi connectivity index (χ1v) is 7.96. The minimum absolute atomic E-state index is 0.197. The number of hydrogen-bond acceptors (Lipinski definition) is 2. The van der Waals surface area contributed by atoms with Gasteiger partial charge in [-0.05, 0) is 50.0 Å². The van der Waals surface area contributed by atoms with E-state index in [0.29, 0.717) is 18.9 Å². The minimum Gasteiger partial charge on any atom is -0.343 e. The van der Waals surface area contributed by atoms with Crippen LogP contribution >= 0.6 is 0 Å². The molecule has 3 nitrogen and oxygen atoms in total. The zero-order valence-electron chi connectivity index (χ0n) is 13.1. The second kappa shape index (κ2) is 7.88. The lowest BCUT2D eigenvalue weighted by Crippen LogP contribution is -2.33. The van der Waals surface area contributed by atoms with Crippen molar-refractivity contribution in [3.63, 3.8) is 0 Å². The van der Waals surface area contributed by atoms with E-state index in [0.717, 1.165) is 31.8 Å². The van der Waals surface area contributed by atoms with Gasteiger partial charge in [-0.3, -0.25) is 4.79 Å². The molecule has 0 spiro atoms. The van der Waals surface area contributed by atoms with Crippen LogP contribution in [0.3, 0.4) is 0 Å². The molecule has 1 fully saturated rings. The molecule has 0 saturated carbocycles. The van der Waals surface area contributed by atoms with Gasteiger partial charge in [0.15, 0.2) is 0 Å². The van der Waals surface area contributed by atoms with E-state index in [-0.39, 0.29) is 5.41 Å². The van der Waals surface area contributed by atoms with Crippen LogP contribution < -0.4 is 5.73 Å². The van der Waals surface area contributed by atoms with Gasteiger partial charge in [0.1, 0.15) is 0 Å². The average molecular weight is 268 g/mol. The average Bonchev–Trinajstić information content (AvgIpc) is 2.61. The second-order valence-corrected chi connectivity index (χ2v) is 6.79. The molecule has 3 heteroatoms. The SMILES string of the molecule is CCC1CCCN(C(=O)CCC(C)(C)CCN)CC1. The number of hydrogen-bond donors (Lipinski definition) is 1. The smallest absolute Gasteiger partial charge is 0.222 e. The molecule has 0 aliphatic carbocycles. The molecule has 0 aromatic carbocycles. The van der Waals surface area contributed by atoms with Crippen molar-refractivity contribution in [1.29, 1.82) is 0 Å². The van der Waals surface area contributed by atoms with Crippen molar-refractivity contribution < 1.29 is 4.79 Å². The molecule has 1 rings (SSSR count). The topological polar surface area (TPSA) is 46.3 Å². The molecule has 1 unspecified atom stereocenters. The number of rotatable bonds is 6. The van der Waals surface area contributed by atoms with Gasteiger partial charge >= 0.3 is 0 Å². The Morgan fingerprint density at radius 2 is 2.00 bits per heavy atom. The van der Waals surface area contributed by atoms with E-state index in [1.165, 1.54) is 25.7 Å². The lowest BCUT2D eigenvalue weighted by molar-refractivity contribution is -0.131. The molecule has 0 bridgehead atoms. The molecule has 0 aromatic heterocycles. The van der Waals surface area contributed by atoms with Crippen LogP contribution in [0.25, 0.3) is 0 Å². The largest absolute Gasteiger partial charge is 0.343 e. The number of nitrogens with two attached hydrogens (primary N) is 1. The van der Waals surface area contributed by atoms with E-state index in [2.05, 4.69) is 25.7 Å². The summed E-state index contributed by atoms with van der Waals surface area (Å²) in [5.74, 6) is 1.17. The molecule has 1 heterocycles. The highest BCUT2D eigenvalue weighted by atomic mass is 16.2. The van der Waals surface area contributed by atoms with Gasteiger partial charge in [0, 0.05) is 19.5 Å². The Labute approximate surface area is 118 Å². The van der Waals surface area contributed by atoms with Gasteiger partial charge in [-0.15, -0.1) is 0 Å². The monoisotopic (exact) mass is 268 g/mol. The van der Waals surface area contributed by atoms with E-state index < -0.39 is 0 Å². The molecule has 1 amide bonds. The third-order valence-electron chi connectivity index (χ3n) is 4.61. The van der Waals surface area contributed by atoms with Crippen molar-refractivity contribution >= 4 is 5.91 Å². The summed E-state index contributed by atoms with van der Waals surface area (Å²) in [5.41, 5.74) is 5.82. The minimum atomic E-state index is 0.197. The standard InChI is InChI=1S/C16H32N2O/c1-4-14-6-5-12-18(13-8-14)15(19)7-9-16(2,3)10-11-17/h14H,4-13,17H2,1-3H3. The van der Waals surface area contributed by atoms with Gasteiger partial charge in [0.25, 0.3) is 0 Å². The molecular formula is C16H32N2O. The van der Waals surface area contributed by atoms with Crippen molar-refractivity contribution in [3.8, 4) is 0 Å². The fourth-order valence-electron chi connectivity index (χ4n) is 2.94. The number of carbonyl (C=O) groups is 1. The molecule has 112 valence electrons. The highest BCUT2D eigenvalue weighted by molar-refractivity contribution is 5.76. The fourth-order valence-corrected chi connectivity index (χ4v) is 2.94. The number of likely N-dealkylation sites (tertiary alicyclic amines) is 1. The molecule has 0 aromatic rings. The van der Waals surface area contributed by atoms with Gasteiger partial charge in [0.2, 0.25) is 5.91 Å². The van der Waals surface area contributed by atoms with Crippen LogP contribution in [0, 0.1) is 11.3 Å². The molecule has 1 aliphatic heterocycles. The summed E-state index contributed by atoms with van der Waals surface area (Å²) in [6.07, 6.45) is 7.55. The van der Waals surface area contributed by atoms with E-state index in [9.17, 15) is 4.79 Å². The molecular weight excluding hydrogens is 236 g/mol. The zero-order chi connectivity index (χ0) is 14.3. The Hall–Kier alpha value is -0.570. The molecule has 1 aliphatic rings. The van der Waals surface area contributed by atoms with Crippen LogP contribution in [-0.2, 0) is 4.79 Å². The summed E-state index contributed by atoms with van der Waals surface area (Å²) < 4.78 is 0. The van der Waals surface area contributed by atoms with Gasteiger partial charge < -0.3 is 10.6 Å². The third-order valence-corrected chi connectivity index (χ3v) is 4.61. The maximum absolute atomic E-state index is 12.3. The van der Waals surface area contributed by atoms with Gasteiger partial charge in [-0.1, -0.05) is 27.2 Å². The summed E-state index contributed by atoms with van der Waals surface area (Å²) in [7, 11) is 0. The van der Waals surface area contributed by atoms with Crippen LogP contribution in [0.15, 0.2) is 0 Å². The predicted octanol–water partition coefficient (Wildman–Crippen LogP) is 3.18. The van der Waals surface area contributed by atoms with Crippen LogP contribution in [0.5, 0.6) is 0 Å². The van der Waals surface area contributed by atoms with E-state index in [1.807, 2.05) is 0 Å². The second-order valence-electron chi connectivity index (χ2n) is 6.79. The predicted molar refractivity (Wildman–Crippen MR) is 80.9 cm³/mol. The molecule has 19 heavy (non-hydrogen) atoms. The third kappa shape index (κ3) is 5.94. The van der Waals surface area contributed by atoms with E-state index in [1.54, 1.807) is 0 Å². The van der Waals surface area contributed by atoms with E-state index in [4.69, 9.17) is 5.73 Å². The normalized spacial score (nSPS) is 21.3. The summed E-state index contributed by atoms with van der Waals surface area (Å²) in [6.45, 7) is 9.33. The first-order valence-electron chi connectivity index (χ1n) is 7.96. The van der Waals surface area contributed by atoms with Crippen molar-refractivity contribution in [1.82, 2.24) is 4.90 Å². The van der Waals surface area contributed by atoms with Crippen LogP contribution in [0.2, 0.25) is 0 Å². The summed E-state index contributed by atoms with van der Waals surface area (Å²) >= 11 is 0. The lowest BCUT2D eigenvalue weighted by Gasteiger charge is -2.26. The zero-order valence-corrected chi connectivity index (χ0v) is 13.1. The van der Waals surface area contributed by atoms with Crippen molar-refractivity contribution in [2.24, 2.45) is 17.1 Å². The summed E-state index contributed by atoms with van der Waals surface area (Å²) in [4.78, 5) is 14.4. The first kappa shape index (κ1) is 16.5. The van der Waals surface area contributed by atoms with Gasteiger partial charge in [-0.25, -0.2) is 0 Å². The maximum Gasteiger partial charge on any atom is 0.222 e. The summed E-state index contributed by atoms with van der Waals surface area (Å²) in [5, 5.41) is 0. The Kier molecular flexibility index (Phi) is 6.84. The molecule has 1 saturated heterocycles. The van der Waals surface area contributed by atoms with Crippen molar-refractivity contribution in [2.45, 2.75) is 65.7 Å². The fraction of sp³-hybridized carbons (Fsp3) is 0.938. The Morgan fingerprint density at radius 3 is 2.63 bits per heavy atom. The van der Waals surface area contributed by atoms with Crippen molar-refractivity contribution in [2.75, 3.05) is 19.6 Å². The Balaban J connectivity index is 2.37. The first-order chi connectivity index (χ1) is 8.98. The van der Waals surface area contributed by atoms with Crippen molar-refractivity contribution in [3.05, 3.63) is 0 Å². The van der Waals surface area contributed by atoms with Gasteiger partial charge in [-0.2, -0.15) is 0 Å². The molecule has 2 N–H and O–H groups in total. The van der Waals surface area contributed by atoms with Gasteiger partial charge in [0.05, 0.1) is 0 Å². The van der Waals surface area contributed by atoms with Crippen LogP contribution in [0.4, 0.5) is 0 Å². The molecule has 0 radical (unpaired) electrons.